The molecule has 0 aromatic carbocycles. The van der Waals surface area contributed by atoms with Gasteiger partial charge in [-0.3, -0.25) is 9.59 Å². The average Bonchev–Trinajstić information content (AvgIpc) is 2.98. The van der Waals surface area contributed by atoms with Gasteiger partial charge in [-0.2, -0.15) is 0 Å². The molecule has 1 N–H and O–H groups in total. The normalized spacial score (nSPS) is 27.9. The monoisotopic (exact) mass is 251 g/mol. The van der Waals surface area contributed by atoms with E-state index in [0.717, 1.165) is 19.3 Å². The summed E-state index contributed by atoms with van der Waals surface area (Å²) in [5, 5.41) is 9.41. The Morgan fingerprint density at radius 1 is 1.39 bits per heavy atom. The number of rotatable bonds is 4. The molecule has 0 radical (unpaired) electrons. The van der Waals surface area contributed by atoms with Crippen LogP contribution < -0.4 is 0 Å². The predicted octanol–water partition coefficient (Wildman–Crippen LogP) is 2.06. The van der Waals surface area contributed by atoms with Crippen molar-refractivity contribution in [3.63, 3.8) is 0 Å². The minimum absolute atomic E-state index is 0.0521. The second-order valence-corrected chi connectivity index (χ2v) is 5.49. The van der Waals surface area contributed by atoms with Crippen molar-refractivity contribution in [1.29, 1.82) is 0 Å². The van der Waals surface area contributed by atoms with Crippen LogP contribution in [0, 0.1) is 11.3 Å². The SMILES string of the molecule is CCCC1(C(=O)O)CCN(C(=O)C2CC=CC2)C1. The van der Waals surface area contributed by atoms with Gasteiger partial charge in [0.15, 0.2) is 0 Å². The molecule has 2 rings (SSSR count). The number of carbonyl (C=O) groups is 2. The number of likely N-dealkylation sites (tertiary alicyclic amines) is 1. The number of carboxylic acid groups (broad SMARTS) is 1. The first kappa shape index (κ1) is 13.1. The van der Waals surface area contributed by atoms with E-state index in [2.05, 4.69) is 0 Å². The van der Waals surface area contributed by atoms with Gasteiger partial charge in [-0.25, -0.2) is 0 Å². The van der Waals surface area contributed by atoms with E-state index in [1.54, 1.807) is 4.90 Å². The van der Waals surface area contributed by atoms with Crippen LogP contribution in [-0.4, -0.2) is 35.0 Å². The lowest BCUT2D eigenvalue weighted by atomic mass is 9.83. The Kier molecular flexibility index (Phi) is 3.73. The molecule has 0 saturated carbocycles. The Morgan fingerprint density at radius 3 is 2.61 bits per heavy atom. The van der Waals surface area contributed by atoms with Gasteiger partial charge in [-0.05, 0) is 25.7 Å². The summed E-state index contributed by atoms with van der Waals surface area (Å²) in [6.07, 6.45) is 7.80. The first-order chi connectivity index (χ1) is 8.59. The zero-order valence-corrected chi connectivity index (χ0v) is 10.9. The molecule has 100 valence electrons. The molecule has 1 heterocycles. The van der Waals surface area contributed by atoms with Crippen LogP contribution in [0.3, 0.4) is 0 Å². The second kappa shape index (κ2) is 5.12. The van der Waals surface area contributed by atoms with Gasteiger partial charge < -0.3 is 10.0 Å². The van der Waals surface area contributed by atoms with Crippen LogP contribution in [0.2, 0.25) is 0 Å². The van der Waals surface area contributed by atoms with E-state index in [0.29, 0.717) is 25.9 Å². The third-order valence-corrected chi connectivity index (χ3v) is 4.20. The van der Waals surface area contributed by atoms with Crippen molar-refractivity contribution in [1.82, 2.24) is 4.90 Å². The molecule has 1 unspecified atom stereocenters. The van der Waals surface area contributed by atoms with Gasteiger partial charge in [-0.15, -0.1) is 0 Å². The minimum atomic E-state index is -0.746. The van der Waals surface area contributed by atoms with Crippen molar-refractivity contribution < 1.29 is 14.7 Å². The number of nitrogens with zero attached hydrogens (tertiary/aromatic N) is 1. The molecule has 4 nitrogen and oxygen atoms in total. The van der Waals surface area contributed by atoms with Crippen molar-refractivity contribution in [2.45, 2.75) is 39.0 Å². The third kappa shape index (κ3) is 2.28. The van der Waals surface area contributed by atoms with Crippen molar-refractivity contribution >= 4 is 11.9 Å². The molecule has 0 bridgehead atoms. The molecule has 4 heteroatoms. The Morgan fingerprint density at radius 2 is 2.06 bits per heavy atom. The fraction of sp³-hybridized carbons (Fsp3) is 0.714. The van der Waals surface area contributed by atoms with E-state index in [9.17, 15) is 14.7 Å². The van der Waals surface area contributed by atoms with Crippen molar-refractivity contribution in [2.75, 3.05) is 13.1 Å². The summed E-state index contributed by atoms with van der Waals surface area (Å²) in [6.45, 7) is 2.99. The van der Waals surface area contributed by atoms with Crippen molar-refractivity contribution in [3.8, 4) is 0 Å². The summed E-state index contributed by atoms with van der Waals surface area (Å²) in [7, 11) is 0. The molecule has 1 amide bonds. The highest BCUT2D eigenvalue weighted by Crippen LogP contribution is 2.37. The Bertz CT molecular complexity index is 369. The number of amides is 1. The predicted molar refractivity (Wildman–Crippen MR) is 68.0 cm³/mol. The van der Waals surface area contributed by atoms with E-state index in [-0.39, 0.29) is 11.8 Å². The van der Waals surface area contributed by atoms with Crippen LogP contribution in [0.5, 0.6) is 0 Å². The first-order valence-corrected chi connectivity index (χ1v) is 6.76. The number of carboxylic acids is 1. The molecule has 0 aromatic heterocycles. The molecule has 1 atom stereocenters. The summed E-state index contributed by atoms with van der Waals surface area (Å²) in [4.78, 5) is 25.5. The first-order valence-electron chi connectivity index (χ1n) is 6.76. The van der Waals surface area contributed by atoms with E-state index in [4.69, 9.17) is 0 Å². The quantitative estimate of drug-likeness (QED) is 0.778. The lowest BCUT2D eigenvalue weighted by Gasteiger charge is -2.25. The van der Waals surface area contributed by atoms with Crippen molar-refractivity contribution in [3.05, 3.63) is 12.2 Å². The molecule has 1 aliphatic heterocycles. The van der Waals surface area contributed by atoms with Gasteiger partial charge >= 0.3 is 5.97 Å². The lowest BCUT2D eigenvalue weighted by Crippen LogP contribution is -2.39. The smallest absolute Gasteiger partial charge is 0.311 e. The zero-order valence-electron chi connectivity index (χ0n) is 10.9. The molecule has 0 aromatic rings. The molecular formula is C14H21NO3. The summed E-state index contributed by atoms with van der Waals surface area (Å²) >= 11 is 0. The Labute approximate surface area is 108 Å². The standard InChI is InChI=1S/C14H21NO3/c1-2-7-14(13(17)18)8-9-15(10-14)12(16)11-5-3-4-6-11/h3-4,11H,2,5-10H2,1H3,(H,17,18). The number of carbonyl (C=O) groups excluding carboxylic acids is 1. The van der Waals surface area contributed by atoms with Crippen LogP contribution >= 0.6 is 0 Å². The highest BCUT2D eigenvalue weighted by molar-refractivity contribution is 5.82. The van der Waals surface area contributed by atoms with Crippen LogP contribution in [0.1, 0.15) is 39.0 Å². The molecule has 0 spiro atoms. The second-order valence-electron chi connectivity index (χ2n) is 5.49. The molecule has 2 aliphatic rings. The van der Waals surface area contributed by atoms with Gasteiger partial charge in [0.25, 0.3) is 0 Å². The molecular weight excluding hydrogens is 230 g/mol. The minimum Gasteiger partial charge on any atom is -0.481 e. The Balaban J connectivity index is 2.01. The molecule has 1 aliphatic carbocycles. The summed E-state index contributed by atoms with van der Waals surface area (Å²) in [5.41, 5.74) is -0.698. The fourth-order valence-electron chi connectivity index (χ4n) is 3.10. The van der Waals surface area contributed by atoms with Gasteiger partial charge in [0.05, 0.1) is 5.41 Å². The number of hydrogen-bond donors (Lipinski definition) is 1. The Hall–Kier alpha value is -1.32. The fourth-order valence-corrected chi connectivity index (χ4v) is 3.10. The van der Waals surface area contributed by atoms with Crippen molar-refractivity contribution in [2.24, 2.45) is 11.3 Å². The van der Waals surface area contributed by atoms with Gasteiger partial charge in [0, 0.05) is 19.0 Å². The van der Waals surface area contributed by atoms with Gasteiger partial charge in [0.2, 0.25) is 5.91 Å². The topological polar surface area (TPSA) is 57.6 Å². The third-order valence-electron chi connectivity index (χ3n) is 4.20. The summed E-state index contributed by atoms with van der Waals surface area (Å²) in [5.74, 6) is -0.556. The molecule has 1 saturated heterocycles. The van der Waals surface area contributed by atoms with Crippen LogP contribution in [-0.2, 0) is 9.59 Å². The van der Waals surface area contributed by atoms with Crippen LogP contribution in [0.15, 0.2) is 12.2 Å². The van der Waals surface area contributed by atoms with Crippen LogP contribution in [0.4, 0.5) is 0 Å². The number of hydrogen-bond acceptors (Lipinski definition) is 2. The maximum Gasteiger partial charge on any atom is 0.311 e. The van der Waals surface area contributed by atoms with E-state index in [1.807, 2.05) is 19.1 Å². The lowest BCUT2D eigenvalue weighted by molar-refractivity contribution is -0.149. The maximum absolute atomic E-state index is 12.3. The average molecular weight is 251 g/mol. The number of allylic oxidation sites excluding steroid dienone is 2. The van der Waals surface area contributed by atoms with Gasteiger partial charge in [-0.1, -0.05) is 25.5 Å². The molecule has 1 fully saturated rings. The molecule has 18 heavy (non-hydrogen) atoms. The highest BCUT2D eigenvalue weighted by Gasteiger charge is 2.46. The van der Waals surface area contributed by atoms with E-state index < -0.39 is 11.4 Å². The van der Waals surface area contributed by atoms with E-state index in [1.165, 1.54) is 0 Å². The highest BCUT2D eigenvalue weighted by atomic mass is 16.4. The van der Waals surface area contributed by atoms with Gasteiger partial charge in [0.1, 0.15) is 0 Å². The number of aliphatic carboxylic acids is 1. The summed E-state index contributed by atoms with van der Waals surface area (Å²) in [6, 6.07) is 0. The maximum atomic E-state index is 12.3. The largest absolute Gasteiger partial charge is 0.481 e. The summed E-state index contributed by atoms with van der Waals surface area (Å²) < 4.78 is 0. The van der Waals surface area contributed by atoms with Crippen LogP contribution in [0.25, 0.3) is 0 Å². The zero-order chi connectivity index (χ0) is 13.2. The van der Waals surface area contributed by atoms with E-state index >= 15 is 0 Å².